The van der Waals surface area contributed by atoms with Crippen molar-refractivity contribution in [3.8, 4) is 5.75 Å². The number of hydrogen-bond donors (Lipinski definition) is 1. The molecule has 1 heterocycles. The van der Waals surface area contributed by atoms with Crippen LogP contribution in [0.4, 0.5) is 0 Å². The topological polar surface area (TPSA) is 50.4 Å². The van der Waals surface area contributed by atoms with Gasteiger partial charge in [-0.15, -0.1) is 0 Å². The first-order valence-electron chi connectivity index (χ1n) is 5.22. The lowest BCUT2D eigenvalue weighted by Crippen LogP contribution is -1.97. The van der Waals surface area contributed by atoms with Gasteiger partial charge in [0.25, 0.3) is 0 Å². The van der Waals surface area contributed by atoms with Gasteiger partial charge in [-0.05, 0) is 18.6 Å². The Hall–Kier alpha value is -2.29. The fourth-order valence-corrected chi connectivity index (χ4v) is 1.36. The van der Waals surface area contributed by atoms with Crippen LogP contribution in [0.15, 0.2) is 45.8 Å². The van der Waals surface area contributed by atoms with Crippen LogP contribution in [0.2, 0.25) is 0 Å². The highest BCUT2D eigenvalue weighted by atomic mass is 16.3. The first-order valence-corrected chi connectivity index (χ1v) is 5.22. The molecule has 0 fully saturated rings. The van der Waals surface area contributed by atoms with Crippen molar-refractivity contribution in [3.05, 3.63) is 63.7 Å². The van der Waals surface area contributed by atoms with Crippen LogP contribution < -0.4 is 5.43 Å². The van der Waals surface area contributed by atoms with Gasteiger partial charge in [0.15, 0.2) is 5.75 Å². The molecule has 3 heteroatoms. The summed E-state index contributed by atoms with van der Waals surface area (Å²) in [6.45, 7) is 2.02. The van der Waals surface area contributed by atoms with E-state index in [9.17, 15) is 4.79 Å². The second-order valence-electron chi connectivity index (χ2n) is 3.78. The molecular weight excluding hydrogens is 216 g/mol. The zero-order valence-corrected chi connectivity index (χ0v) is 9.38. The zero-order valence-electron chi connectivity index (χ0n) is 9.38. The van der Waals surface area contributed by atoms with Gasteiger partial charge in [-0.3, -0.25) is 4.79 Å². The van der Waals surface area contributed by atoms with Gasteiger partial charge in [-0.25, -0.2) is 0 Å². The van der Waals surface area contributed by atoms with E-state index in [0.717, 1.165) is 11.8 Å². The molecule has 3 nitrogen and oxygen atoms in total. The van der Waals surface area contributed by atoms with Gasteiger partial charge in [0.2, 0.25) is 5.43 Å². The molecule has 0 atom stereocenters. The van der Waals surface area contributed by atoms with E-state index < -0.39 is 5.43 Å². The zero-order chi connectivity index (χ0) is 12.3. The molecule has 86 valence electrons. The van der Waals surface area contributed by atoms with Crippen molar-refractivity contribution in [1.29, 1.82) is 0 Å². The molecule has 0 saturated carbocycles. The fraction of sp³-hybridized carbons (Fsp3) is 0.0714. The first kappa shape index (κ1) is 11.2. The predicted octanol–water partition coefficient (Wildman–Crippen LogP) is 2.82. The number of aryl methyl sites for hydroxylation is 1. The van der Waals surface area contributed by atoms with Gasteiger partial charge in [0, 0.05) is 6.07 Å². The standard InChI is InChI=1S/C14H12O3/c1-10-2-4-11(5-3-10)6-7-12-8-13(15)14(16)9-17-12/h2-9,16H,1H3/b7-6+. The maximum Gasteiger partial charge on any atom is 0.227 e. The van der Waals surface area contributed by atoms with Crippen LogP contribution in [0.25, 0.3) is 12.2 Å². The molecule has 1 aromatic carbocycles. The summed E-state index contributed by atoms with van der Waals surface area (Å²) in [5.74, 6) is 0.0332. The second kappa shape index (κ2) is 4.70. The van der Waals surface area contributed by atoms with Crippen molar-refractivity contribution in [2.24, 2.45) is 0 Å². The summed E-state index contributed by atoms with van der Waals surface area (Å²) in [6, 6.07) is 9.22. The molecule has 2 aromatic rings. The molecule has 2 rings (SSSR count). The normalized spacial score (nSPS) is 10.9. The largest absolute Gasteiger partial charge is 0.502 e. The van der Waals surface area contributed by atoms with Crippen molar-refractivity contribution in [2.45, 2.75) is 6.92 Å². The third-order valence-corrected chi connectivity index (χ3v) is 2.35. The Morgan fingerprint density at radius 2 is 1.88 bits per heavy atom. The van der Waals surface area contributed by atoms with Crippen LogP contribution in [0.1, 0.15) is 16.9 Å². The Kier molecular flexibility index (Phi) is 3.10. The Balaban J connectivity index is 2.23. The van der Waals surface area contributed by atoms with Crippen LogP contribution in [0.3, 0.4) is 0 Å². The summed E-state index contributed by atoms with van der Waals surface area (Å²) in [7, 11) is 0. The molecule has 0 unspecified atom stereocenters. The molecule has 0 amide bonds. The minimum atomic E-state index is -0.445. The van der Waals surface area contributed by atoms with E-state index in [1.54, 1.807) is 6.08 Å². The van der Waals surface area contributed by atoms with Crippen molar-refractivity contribution < 1.29 is 9.52 Å². The fourth-order valence-electron chi connectivity index (χ4n) is 1.36. The minimum Gasteiger partial charge on any atom is -0.502 e. The van der Waals surface area contributed by atoms with Crippen LogP contribution in [-0.4, -0.2) is 5.11 Å². The van der Waals surface area contributed by atoms with Crippen LogP contribution in [0.5, 0.6) is 5.75 Å². The molecule has 0 aliphatic carbocycles. The Morgan fingerprint density at radius 3 is 2.53 bits per heavy atom. The van der Waals surface area contributed by atoms with Crippen molar-refractivity contribution in [3.63, 3.8) is 0 Å². The molecule has 1 aromatic heterocycles. The molecule has 0 radical (unpaired) electrons. The molecular formula is C14H12O3. The molecule has 0 aliphatic heterocycles. The minimum absolute atomic E-state index is 0.377. The van der Waals surface area contributed by atoms with Gasteiger partial charge in [0.05, 0.1) is 0 Å². The van der Waals surface area contributed by atoms with Gasteiger partial charge in [-0.2, -0.15) is 0 Å². The van der Waals surface area contributed by atoms with Gasteiger partial charge >= 0.3 is 0 Å². The summed E-state index contributed by atoms with van der Waals surface area (Å²) in [5.41, 5.74) is 1.77. The molecule has 1 N–H and O–H groups in total. The average Bonchev–Trinajstić information content (AvgIpc) is 2.33. The van der Waals surface area contributed by atoms with E-state index in [2.05, 4.69) is 0 Å². The lowest BCUT2D eigenvalue weighted by Gasteiger charge is -1.95. The Morgan fingerprint density at radius 1 is 1.18 bits per heavy atom. The average molecular weight is 228 g/mol. The summed E-state index contributed by atoms with van der Waals surface area (Å²) in [6.07, 6.45) is 4.57. The summed E-state index contributed by atoms with van der Waals surface area (Å²) in [4.78, 5) is 11.2. The number of hydrogen-bond acceptors (Lipinski definition) is 3. The Labute approximate surface area is 98.7 Å². The van der Waals surface area contributed by atoms with Crippen molar-refractivity contribution in [1.82, 2.24) is 0 Å². The number of benzene rings is 1. The lowest BCUT2D eigenvalue weighted by molar-refractivity contribution is 0.427. The van der Waals surface area contributed by atoms with E-state index in [0.29, 0.717) is 5.76 Å². The third kappa shape index (κ3) is 2.84. The highest BCUT2D eigenvalue weighted by Gasteiger charge is 1.97. The molecule has 0 bridgehead atoms. The van der Waals surface area contributed by atoms with E-state index >= 15 is 0 Å². The van der Waals surface area contributed by atoms with Crippen LogP contribution in [-0.2, 0) is 0 Å². The molecule has 17 heavy (non-hydrogen) atoms. The van der Waals surface area contributed by atoms with E-state index in [-0.39, 0.29) is 5.75 Å². The Bertz CT molecular complexity index is 592. The SMILES string of the molecule is Cc1ccc(/C=C/c2cc(=O)c(O)co2)cc1. The van der Waals surface area contributed by atoms with Gasteiger partial charge < -0.3 is 9.52 Å². The molecule has 0 saturated heterocycles. The van der Waals surface area contributed by atoms with Gasteiger partial charge in [0.1, 0.15) is 12.0 Å². The van der Waals surface area contributed by atoms with Crippen LogP contribution in [0, 0.1) is 6.92 Å². The van der Waals surface area contributed by atoms with E-state index in [1.807, 2.05) is 37.3 Å². The monoisotopic (exact) mass is 228 g/mol. The predicted molar refractivity (Wildman–Crippen MR) is 66.7 cm³/mol. The highest BCUT2D eigenvalue weighted by molar-refractivity contribution is 5.67. The maximum atomic E-state index is 11.2. The summed E-state index contributed by atoms with van der Waals surface area (Å²) < 4.78 is 5.05. The first-order chi connectivity index (χ1) is 8.15. The third-order valence-electron chi connectivity index (χ3n) is 2.35. The molecule has 0 aliphatic rings. The van der Waals surface area contributed by atoms with E-state index in [1.165, 1.54) is 11.6 Å². The quantitative estimate of drug-likeness (QED) is 0.859. The summed E-state index contributed by atoms with van der Waals surface area (Å²) >= 11 is 0. The summed E-state index contributed by atoms with van der Waals surface area (Å²) in [5, 5.41) is 9.03. The van der Waals surface area contributed by atoms with Crippen LogP contribution >= 0.6 is 0 Å². The maximum absolute atomic E-state index is 11.2. The second-order valence-corrected chi connectivity index (χ2v) is 3.78. The van der Waals surface area contributed by atoms with Gasteiger partial charge in [-0.1, -0.05) is 35.9 Å². The number of aromatic hydroxyl groups is 1. The highest BCUT2D eigenvalue weighted by Crippen LogP contribution is 2.10. The smallest absolute Gasteiger partial charge is 0.227 e. The van der Waals surface area contributed by atoms with E-state index in [4.69, 9.17) is 9.52 Å². The van der Waals surface area contributed by atoms with Crippen molar-refractivity contribution in [2.75, 3.05) is 0 Å². The number of rotatable bonds is 2. The lowest BCUT2D eigenvalue weighted by atomic mass is 10.1. The van der Waals surface area contributed by atoms with Crippen molar-refractivity contribution >= 4 is 12.2 Å². The molecule has 0 spiro atoms.